The number of phenols is 1. The van der Waals surface area contributed by atoms with Crippen LogP contribution in [0, 0.1) is 0 Å². The van der Waals surface area contributed by atoms with Gasteiger partial charge < -0.3 is 10.8 Å². The Bertz CT molecular complexity index is 527. The number of hydrogen-bond acceptors (Lipinski definition) is 3. The third-order valence-electron chi connectivity index (χ3n) is 3.57. The van der Waals surface area contributed by atoms with Gasteiger partial charge in [0.15, 0.2) is 5.11 Å². The van der Waals surface area contributed by atoms with Crippen molar-refractivity contribution in [2.45, 2.75) is 38.0 Å². The van der Waals surface area contributed by atoms with Crippen molar-refractivity contribution >= 4 is 35.1 Å². The maximum atomic E-state index is 9.97. The van der Waals surface area contributed by atoms with Gasteiger partial charge in [0, 0.05) is 5.56 Å². The SMILES string of the molecule is NC(=S)NN=Cc1cc(C2CCCCC2)cc(Cl)c1O. The molecule has 1 saturated carbocycles. The van der Waals surface area contributed by atoms with Gasteiger partial charge in [0.25, 0.3) is 0 Å². The molecule has 1 aromatic carbocycles. The highest BCUT2D eigenvalue weighted by atomic mass is 35.5. The predicted molar refractivity (Wildman–Crippen MR) is 86.5 cm³/mol. The van der Waals surface area contributed by atoms with Crippen molar-refractivity contribution < 1.29 is 5.11 Å². The van der Waals surface area contributed by atoms with Gasteiger partial charge in [0.2, 0.25) is 0 Å². The number of nitrogens with zero attached hydrogens (tertiary/aromatic N) is 1. The number of hydrogen-bond donors (Lipinski definition) is 3. The third kappa shape index (κ3) is 3.84. The molecule has 0 aromatic heterocycles. The van der Waals surface area contributed by atoms with Gasteiger partial charge in [0.05, 0.1) is 11.2 Å². The molecule has 1 aromatic rings. The lowest BCUT2D eigenvalue weighted by molar-refractivity contribution is 0.441. The molecule has 2 rings (SSSR count). The van der Waals surface area contributed by atoms with Crippen molar-refractivity contribution in [1.82, 2.24) is 5.43 Å². The Morgan fingerprint density at radius 2 is 2.10 bits per heavy atom. The molecule has 1 aliphatic rings. The molecule has 0 saturated heterocycles. The number of hydrazone groups is 1. The van der Waals surface area contributed by atoms with Crippen molar-refractivity contribution in [2.75, 3.05) is 0 Å². The summed E-state index contributed by atoms with van der Waals surface area (Å²) >= 11 is 10.8. The number of benzene rings is 1. The summed E-state index contributed by atoms with van der Waals surface area (Å²) in [4.78, 5) is 0. The summed E-state index contributed by atoms with van der Waals surface area (Å²) in [7, 11) is 0. The molecule has 1 aliphatic carbocycles. The second-order valence-corrected chi connectivity index (χ2v) is 5.86. The average molecular weight is 312 g/mol. The van der Waals surface area contributed by atoms with E-state index < -0.39 is 0 Å². The van der Waals surface area contributed by atoms with Crippen LogP contribution in [0.25, 0.3) is 0 Å². The van der Waals surface area contributed by atoms with E-state index in [0.29, 0.717) is 16.5 Å². The normalized spacial score (nSPS) is 16.4. The third-order valence-corrected chi connectivity index (χ3v) is 3.95. The Kier molecular flexibility index (Phi) is 5.20. The van der Waals surface area contributed by atoms with Crippen LogP contribution < -0.4 is 11.2 Å². The number of thiocarbonyl (C=S) groups is 1. The van der Waals surface area contributed by atoms with Crippen molar-refractivity contribution in [3.8, 4) is 5.75 Å². The summed E-state index contributed by atoms with van der Waals surface area (Å²) in [5, 5.41) is 14.3. The zero-order chi connectivity index (χ0) is 14.5. The Morgan fingerprint density at radius 1 is 1.40 bits per heavy atom. The van der Waals surface area contributed by atoms with Crippen LogP contribution >= 0.6 is 23.8 Å². The van der Waals surface area contributed by atoms with Crippen molar-refractivity contribution in [3.05, 3.63) is 28.3 Å². The molecule has 4 nitrogen and oxygen atoms in total. The van der Waals surface area contributed by atoms with Crippen molar-refractivity contribution in [2.24, 2.45) is 10.8 Å². The Hall–Kier alpha value is -1.33. The number of phenolic OH excluding ortho intramolecular Hbond substituents is 1. The molecule has 1 fully saturated rings. The van der Waals surface area contributed by atoms with Gasteiger partial charge in [-0.15, -0.1) is 0 Å². The Labute approximate surface area is 129 Å². The van der Waals surface area contributed by atoms with E-state index in [1.165, 1.54) is 38.3 Å². The van der Waals surface area contributed by atoms with E-state index in [9.17, 15) is 5.11 Å². The molecule has 0 heterocycles. The summed E-state index contributed by atoms with van der Waals surface area (Å²) < 4.78 is 0. The maximum absolute atomic E-state index is 9.97. The summed E-state index contributed by atoms with van der Waals surface area (Å²) in [6, 6.07) is 3.78. The van der Waals surface area contributed by atoms with E-state index in [4.69, 9.17) is 17.3 Å². The van der Waals surface area contributed by atoms with Gasteiger partial charge in [-0.25, -0.2) is 0 Å². The average Bonchev–Trinajstić information content (AvgIpc) is 2.44. The molecule has 0 radical (unpaired) electrons. The van der Waals surface area contributed by atoms with E-state index in [0.717, 1.165) is 5.56 Å². The fourth-order valence-corrected chi connectivity index (χ4v) is 2.87. The highest BCUT2D eigenvalue weighted by Crippen LogP contribution is 2.37. The Balaban J connectivity index is 2.24. The quantitative estimate of drug-likeness (QED) is 0.455. The van der Waals surface area contributed by atoms with E-state index in [1.54, 1.807) is 0 Å². The first-order valence-electron chi connectivity index (χ1n) is 6.69. The Morgan fingerprint density at radius 3 is 2.75 bits per heavy atom. The molecular formula is C14H18ClN3OS. The first-order valence-corrected chi connectivity index (χ1v) is 7.47. The molecule has 0 atom stereocenters. The van der Waals surface area contributed by atoms with E-state index in [-0.39, 0.29) is 10.9 Å². The van der Waals surface area contributed by atoms with Crippen LogP contribution in [-0.2, 0) is 0 Å². The second kappa shape index (κ2) is 6.90. The smallest absolute Gasteiger partial charge is 0.184 e. The van der Waals surface area contributed by atoms with Crippen LogP contribution in [0.2, 0.25) is 5.02 Å². The van der Waals surface area contributed by atoms with E-state index in [1.807, 2.05) is 12.1 Å². The van der Waals surface area contributed by atoms with Crippen LogP contribution in [0.15, 0.2) is 17.2 Å². The zero-order valence-electron chi connectivity index (χ0n) is 11.1. The van der Waals surface area contributed by atoms with Crippen molar-refractivity contribution in [3.63, 3.8) is 0 Å². The van der Waals surface area contributed by atoms with Crippen LogP contribution in [0.4, 0.5) is 0 Å². The lowest BCUT2D eigenvalue weighted by atomic mass is 9.83. The van der Waals surface area contributed by atoms with Gasteiger partial charge in [-0.2, -0.15) is 5.10 Å². The van der Waals surface area contributed by atoms with Crippen LogP contribution in [0.3, 0.4) is 0 Å². The highest BCUT2D eigenvalue weighted by Gasteiger charge is 2.18. The minimum atomic E-state index is 0.0275. The first kappa shape index (κ1) is 15.1. The lowest BCUT2D eigenvalue weighted by Crippen LogP contribution is -2.24. The minimum absolute atomic E-state index is 0.0275. The van der Waals surface area contributed by atoms with Crippen LogP contribution in [0.5, 0.6) is 5.75 Å². The fraction of sp³-hybridized carbons (Fsp3) is 0.429. The van der Waals surface area contributed by atoms with Crippen molar-refractivity contribution in [1.29, 1.82) is 0 Å². The molecular weight excluding hydrogens is 294 g/mol. The standard InChI is InChI=1S/C14H18ClN3OS/c15-12-7-10(9-4-2-1-3-5-9)6-11(13(12)19)8-17-18-14(16)20/h6-9,19H,1-5H2,(H3,16,18,20). The number of halogens is 1. The number of rotatable bonds is 3. The molecule has 108 valence electrons. The van der Waals surface area contributed by atoms with Crippen LogP contribution in [0.1, 0.15) is 49.1 Å². The predicted octanol–water partition coefficient (Wildman–Crippen LogP) is 3.26. The monoisotopic (exact) mass is 311 g/mol. The zero-order valence-corrected chi connectivity index (χ0v) is 12.7. The maximum Gasteiger partial charge on any atom is 0.184 e. The van der Waals surface area contributed by atoms with E-state index in [2.05, 4.69) is 22.7 Å². The topological polar surface area (TPSA) is 70.6 Å². The molecule has 20 heavy (non-hydrogen) atoms. The highest BCUT2D eigenvalue weighted by molar-refractivity contribution is 7.80. The lowest BCUT2D eigenvalue weighted by Gasteiger charge is -2.22. The molecule has 4 N–H and O–H groups in total. The van der Waals surface area contributed by atoms with Gasteiger partial charge in [-0.1, -0.05) is 30.9 Å². The minimum Gasteiger partial charge on any atom is -0.506 e. The second-order valence-electron chi connectivity index (χ2n) is 5.01. The molecule has 0 amide bonds. The summed E-state index contributed by atoms with van der Waals surface area (Å²) in [5.74, 6) is 0.539. The van der Waals surface area contributed by atoms with Gasteiger partial charge in [0.1, 0.15) is 5.75 Å². The van der Waals surface area contributed by atoms with Gasteiger partial charge in [-0.05, 0) is 48.7 Å². The molecule has 0 aliphatic heterocycles. The summed E-state index contributed by atoms with van der Waals surface area (Å²) in [5.41, 5.74) is 9.48. The number of nitrogens with one attached hydrogen (secondary N) is 1. The number of aromatic hydroxyl groups is 1. The van der Waals surface area contributed by atoms with Gasteiger partial charge >= 0.3 is 0 Å². The summed E-state index contributed by atoms with van der Waals surface area (Å²) in [6.07, 6.45) is 7.61. The summed E-state index contributed by atoms with van der Waals surface area (Å²) in [6.45, 7) is 0. The molecule has 0 unspecified atom stereocenters. The molecule has 6 heteroatoms. The van der Waals surface area contributed by atoms with Crippen LogP contribution in [-0.4, -0.2) is 16.4 Å². The molecule has 0 bridgehead atoms. The number of nitrogens with two attached hydrogens (primary N) is 1. The first-order chi connectivity index (χ1) is 9.58. The van der Waals surface area contributed by atoms with Gasteiger partial charge in [-0.3, -0.25) is 5.43 Å². The fourth-order valence-electron chi connectivity index (χ4n) is 2.58. The largest absolute Gasteiger partial charge is 0.506 e. The van der Waals surface area contributed by atoms with E-state index >= 15 is 0 Å². The molecule has 0 spiro atoms.